The molecule has 3 aliphatic rings. The lowest BCUT2D eigenvalue weighted by atomic mass is 10.0. The Morgan fingerprint density at radius 2 is 2.07 bits per heavy atom. The number of hydrogen-bond donors (Lipinski definition) is 0. The summed E-state index contributed by atoms with van der Waals surface area (Å²) in [5, 5.41) is 8.41. The first-order chi connectivity index (χ1) is 13.7. The Morgan fingerprint density at radius 3 is 2.82 bits per heavy atom. The Hall–Kier alpha value is -3.03. The molecule has 144 valence electrons. The van der Waals surface area contributed by atoms with Crippen molar-refractivity contribution in [2.75, 3.05) is 6.54 Å². The molecule has 3 unspecified atom stereocenters. The second-order valence-corrected chi connectivity index (χ2v) is 7.45. The number of rotatable bonds is 4. The van der Waals surface area contributed by atoms with Crippen molar-refractivity contribution in [1.29, 1.82) is 0 Å². The number of nitrogens with zero attached hydrogens (tertiary/aromatic N) is 5. The van der Waals surface area contributed by atoms with E-state index in [2.05, 4.69) is 15.2 Å². The fourth-order valence-electron chi connectivity index (χ4n) is 4.48. The van der Waals surface area contributed by atoms with Crippen LogP contribution in [-0.2, 0) is 4.79 Å². The first-order valence-electron chi connectivity index (χ1n) is 9.54. The van der Waals surface area contributed by atoms with Crippen LogP contribution in [-0.4, -0.2) is 49.5 Å². The number of allylic oxidation sites excluding steroid dienone is 2. The van der Waals surface area contributed by atoms with E-state index < -0.39 is 5.82 Å². The summed E-state index contributed by atoms with van der Waals surface area (Å²) in [6, 6.07) is 2.86. The van der Waals surface area contributed by atoms with Crippen molar-refractivity contribution in [3.05, 3.63) is 54.3 Å². The van der Waals surface area contributed by atoms with Gasteiger partial charge in [-0.15, -0.1) is 0 Å². The summed E-state index contributed by atoms with van der Waals surface area (Å²) in [6.07, 6.45) is 11.6. The number of amides is 1. The number of ether oxygens (including phenoxy) is 1. The molecule has 0 aromatic carbocycles. The molecule has 2 aliphatic carbocycles. The maximum Gasteiger partial charge on any atom is 0.256 e. The van der Waals surface area contributed by atoms with Crippen LogP contribution in [0.5, 0.6) is 5.88 Å². The van der Waals surface area contributed by atoms with Crippen molar-refractivity contribution in [3.63, 3.8) is 0 Å². The van der Waals surface area contributed by atoms with Gasteiger partial charge in [0.1, 0.15) is 11.9 Å². The molecular weight excluding hydrogens is 361 g/mol. The highest BCUT2D eigenvalue weighted by molar-refractivity contribution is 6.02. The smallest absolute Gasteiger partial charge is 0.256 e. The van der Waals surface area contributed by atoms with Gasteiger partial charge in [0.05, 0.1) is 35.9 Å². The van der Waals surface area contributed by atoms with Gasteiger partial charge >= 0.3 is 0 Å². The van der Waals surface area contributed by atoms with Gasteiger partial charge < -0.3 is 9.64 Å². The second-order valence-electron chi connectivity index (χ2n) is 7.45. The van der Waals surface area contributed by atoms with Crippen LogP contribution in [0, 0.1) is 11.7 Å². The molecule has 0 spiro atoms. The van der Waals surface area contributed by atoms with E-state index in [1.807, 2.05) is 17.1 Å². The molecule has 0 radical (unpaired) electrons. The first-order valence-corrected chi connectivity index (χ1v) is 9.54. The zero-order chi connectivity index (χ0) is 19.1. The lowest BCUT2D eigenvalue weighted by molar-refractivity contribution is -0.130. The van der Waals surface area contributed by atoms with E-state index in [9.17, 15) is 9.18 Å². The average Bonchev–Trinajstić information content (AvgIpc) is 3.46. The van der Waals surface area contributed by atoms with E-state index in [0.29, 0.717) is 17.4 Å². The summed E-state index contributed by atoms with van der Waals surface area (Å²) in [5.41, 5.74) is 1.48. The molecule has 2 bridgehead atoms. The molecule has 1 aliphatic heterocycles. The van der Waals surface area contributed by atoms with E-state index in [0.717, 1.165) is 44.1 Å². The Balaban J connectivity index is 1.38. The Bertz CT molecular complexity index is 938. The number of aromatic nitrogens is 4. The SMILES string of the molecule is O=C(C1=C(n2nccn2)CCC=C1)N1CC2CC(Oc3ccc(F)cn3)C1C2. The molecule has 2 aromatic rings. The van der Waals surface area contributed by atoms with Crippen LogP contribution in [0.1, 0.15) is 25.7 Å². The third kappa shape index (κ3) is 2.98. The standard InChI is InChI=1S/C20H20FN5O2/c21-14-5-6-19(22-11-14)28-18-10-13-9-17(18)25(12-13)20(27)15-3-1-2-4-16(15)26-23-7-8-24-26/h1,3,5-8,11,13,17-18H,2,4,9-10,12H2. The van der Waals surface area contributed by atoms with E-state index in [1.165, 1.54) is 12.1 Å². The van der Waals surface area contributed by atoms with Crippen LogP contribution in [0.3, 0.4) is 0 Å². The van der Waals surface area contributed by atoms with Crippen molar-refractivity contribution in [1.82, 2.24) is 24.9 Å². The van der Waals surface area contributed by atoms with Crippen molar-refractivity contribution >= 4 is 11.6 Å². The largest absolute Gasteiger partial charge is 0.472 e. The number of piperidine rings is 1. The summed E-state index contributed by atoms with van der Waals surface area (Å²) >= 11 is 0. The predicted octanol–water partition coefficient (Wildman–Crippen LogP) is 2.44. The van der Waals surface area contributed by atoms with Gasteiger partial charge in [0.2, 0.25) is 5.88 Å². The Kier molecular flexibility index (Phi) is 4.18. The molecule has 3 heterocycles. The molecule has 3 atom stereocenters. The number of carbonyl (C=O) groups excluding carboxylic acids is 1. The lowest BCUT2D eigenvalue weighted by Crippen LogP contribution is -2.47. The first kappa shape index (κ1) is 17.1. The van der Waals surface area contributed by atoms with Gasteiger partial charge in [-0.1, -0.05) is 12.2 Å². The molecule has 8 heteroatoms. The molecule has 28 heavy (non-hydrogen) atoms. The molecule has 0 N–H and O–H groups in total. The summed E-state index contributed by atoms with van der Waals surface area (Å²) in [5.74, 6) is 0.410. The maximum absolute atomic E-state index is 13.4. The summed E-state index contributed by atoms with van der Waals surface area (Å²) in [4.78, 5) is 20.8. The van der Waals surface area contributed by atoms with Gasteiger partial charge in [-0.3, -0.25) is 4.79 Å². The van der Waals surface area contributed by atoms with Gasteiger partial charge in [0, 0.05) is 12.6 Å². The van der Waals surface area contributed by atoms with E-state index in [1.54, 1.807) is 17.2 Å². The van der Waals surface area contributed by atoms with Crippen LogP contribution < -0.4 is 4.74 Å². The van der Waals surface area contributed by atoms with Crippen molar-refractivity contribution in [2.24, 2.45) is 5.92 Å². The highest BCUT2D eigenvalue weighted by Crippen LogP contribution is 2.41. The minimum atomic E-state index is -0.395. The molecule has 2 fully saturated rings. The summed E-state index contributed by atoms with van der Waals surface area (Å²) in [7, 11) is 0. The summed E-state index contributed by atoms with van der Waals surface area (Å²) < 4.78 is 19.1. The van der Waals surface area contributed by atoms with Crippen LogP contribution in [0.2, 0.25) is 0 Å². The van der Waals surface area contributed by atoms with Crippen molar-refractivity contribution in [2.45, 2.75) is 37.8 Å². The van der Waals surface area contributed by atoms with E-state index in [-0.39, 0.29) is 18.1 Å². The summed E-state index contributed by atoms with van der Waals surface area (Å²) in [6.45, 7) is 0.733. The topological polar surface area (TPSA) is 73.1 Å². The Morgan fingerprint density at radius 1 is 1.21 bits per heavy atom. The lowest BCUT2D eigenvalue weighted by Gasteiger charge is -2.34. The van der Waals surface area contributed by atoms with Gasteiger partial charge in [-0.2, -0.15) is 15.0 Å². The number of halogens is 1. The predicted molar refractivity (Wildman–Crippen MR) is 98.4 cm³/mol. The van der Waals surface area contributed by atoms with Gasteiger partial charge in [0.25, 0.3) is 5.91 Å². The molecule has 2 aromatic heterocycles. The number of likely N-dealkylation sites (tertiary alicyclic amines) is 1. The number of pyridine rings is 1. The quantitative estimate of drug-likeness (QED) is 0.813. The fourth-order valence-corrected chi connectivity index (χ4v) is 4.48. The fraction of sp³-hybridized carbons (Fsp3) is 0.400. The van der Waals surface area contributed by atoms with Crippen LogP contribution in [0.25, 0.3) is 5.70 Å². The van der Waals surface area contributed by atoms with Gasteiger partial charge in [0.15, 0.2) is 0 Å². The van der Waals surface area contributed by atoms with Crippen molar-refractivity contribution < 1.29 is 13.9 Å². The second kappa shape index (κ2) is 6.85. The number of hydrogen-bond acceptors (Lipinski definition) is 5. The minimum absolute atomic E-state index is 0.000916. The van der Waals surface area contributed by atoms with Crippen LogP contribution in [0.15, 0.2) is 48.4 Å². The minimum Gasteiger partial charge on any atom is -0.472 e. The monoisotopic (exact) mass is 381 g/mol. The maximum atomic E-state index is 13.4. The zero-order valence-corrected chi connectivity index (χ0v) is 15.2. The highest BCUT2D eigenvalue weighted by atomic mass is 19.1. The van der Waals surface area contributed by atoms with E-state index in [4.69, 9.17) is 4.74 Å². The van der Waals surface area contributed by atoms with Crippen LogP contribution >= 0.6 is 0 Å². The molecule has 1 amide bonds. The third-order valence-corrected chi connectivity index (χ3v) is 5.69. The molecular formula is C20H20FN5O2. The number of carbonyl (C=O) groups is 1. The third-order valence-electron chi connectivity index (χ3n) is 5.69. The molecule has 5 rings (SSSR count). The molecule has 1 saturated carbocycles. The van der Waals surface area contributed by atoms with Crippen LogP contribution in [0.4, 0.5) is 4.39 Å². The zero-order valence-electron chi connectivity index (χ0n) is 15.2. The number of fused-ring (bicyclic) bond motifs is 2. The highest BCUT2D eigenvalue weighted by Gasteiger charge is 2.49. The average molecular weight is 381 g/mol. The normalized spacial score (nSPS) is 26.2. The van der Waals surface area contributed by atoms with E-state index >= 15 is 0 Å². The molecule has 1 saturated heterocycles. The Labute approximate surface area is 161 Å². The van der Waals surface area contributed by atoms with Crippen molar-refractivity contribution in [3.8, 4) is 5.88 Å². The van der Waals surface area contributed by atoms with Gasteiger partial charge in [-0.05, 0) is 37.7 Å². The van der Waals surface area contributed by atoms with Gasteiger partial charge in [-0.25, -0.2) is 9.37 Å². The molecule has 7 nitrogen and oxygen atoms in total.